The first-order chi connectivity index (χ1) is 25.1. The first-order valence-corrected chi connectivity index (χ1v) is 12.2. The van der Waals surface area contributed by atoms with Gasteiger partial charge in [-0.1, -0.05) is 84.6 Å². The van der Waals surface area contributed by atoms with Gasteiger partial charge in [-0.15, -0.1) is 11.3 Å². The van der Waals surface area contributed by atoms with Gasteiger partial charge in [-0.05, 0) is 52.5 Å². The Balaban J connectivity index is 1.50. The molecule has 8 aromatic rings. The van der Waals surface area contributed by atoms with Crippen LogP contribution in [0, 0.1) is 0 Å². The number of nitrogens with zero attached hydrogens (tertiary/aromatic N) is 2. The first kappa shape index (κ1) is 11.3. The quantitative estimate of drug-likeness (QED) is 0.233. The Morgan fingerprint density at radius 2 is 1.39 bits per heavy atom. The largest absolute Gasteiger partial charge is 0.452 e. The Hall–Kier alpha value is -4.80. The summed E-state index contributed by atoms with van der Waals surface area (Å²) >= 11 is 0.764. The number of benzene rings is 5. The van der Waals surface area contributed by atoms with Crippen LogP contribution < -0.4 is 0 Å². The molecule has 0 fully saturated rings. The van der Waals surface area contributed by atoms with Crippen molar-refractivity contribution in [1.29, 1.82) is 0 Å². The van der Waals surface area contributed by atoms with Gasteiger partial charge in [0.25, 0.3) is 0 Å². The van der Waals surface area contributed by atoms with Crippen molar-refractivity contribution in [3.05, 3.63) is 121 Å². The maximum absolute atomic E-state index is 9.42. The Morgan fingerprint density at radius 1 is 0.658 bits per heavy atom. The van der Waals surface area contributed by atoms with Crippen LogP contribution in [-0.4, -0.2) is 9.97 Å². The third-order valence-electron chi connectivity index (χ3n) is 6.08. The second-order valence-corrected chi connectivity index (χ2v) is 9.28. The molecule has 178 valence electrons. The highest BCUT2D eigenvalue weighted by Gasteiger charge is 2.15. The molecule has 4 heteroatoms. The summed E-state index contributed by atoms with van der Waals surface area (Å²) in [5.74, 6) is 0. The van der Waals surface area contributed by atoms with Crippen molar-refractivity contribution in [2.45, 2.75) is 0 Å². The number of aromatic nitrogens is 2. The minimum atomic E-state index is -0.783. The summed E-state index contributed by atoms with van der Waals surface area (Å²) in [5, 5.41) is 0.406. The van der Waals surface area contributed by atoms with Crippen molar-refractivity contribution in [1.82, 2.24) is 9.97 Å². The zero-order chi connectivity index (χ0) is 38.1. The van der Waals surface area contributed by atoms with Gasteiger partial charge in [0.15, 0.2) is 5.58 Å². The molecular formula is C34H20N2OS. The number of hydrogen-bond donors (Lipinski definition) is 0. The SMILES string of the molecule is [2H]c1c([2H])c(-c2c([2H])c([2H])c([2H])c(-c3c([2H])c([2H])c([2H])c4c3sc3c([2H])c([2H])c([2H])c([2H])c34)c2[2H])c([2H])c(-c2ncnc3c2oc2ccccc23)c1[2H]. The van der Waals surface area contributed by atoms with E-state index in [1.807, 2.05) is 0 Å². The molecule has 3 nitrogen and oxygen atoms in total. The summed E-state index contributed by atoms with van der Waals surface area (Å²) in [6.07, 6.45) is 1.19. The molecule has 0 saturated carbocycles. The van der Waals surface area contributed by atoms with Crippen LogP contribution in [0.1, 0.15) is 20.6 Å². The van der Waals surface area contributed by atoms with E-state index in [9.17, 15) is 2.74 Å². The van der Waals surface area contributed by atoms with E-state index in [4.69, 9.17) is 22.2 Å². The lowest BCUT2D eigenvalue weighted by Gasteiger charge is -2.09. The average Bonchev–Trinajstić information content (AvgIpc) is 3.73. The molecule has 0 unspecified atom stereocenters. The van der Waals surface area contributed by atoms with E-state index in [-0.39, 0.29) is 42.6 Å². The van der Waals surface area contributed by atoms with Crippen LogP contribution in [-0.2, 0) is 0 Å². The molecule has 38 heavy (non-hydrogen) atoms. The van der Waals surface area contributed by atoms with Gasteiger partial charge in [0.05, 0.1) is 20.6 Å². The van der Waals surface area contributed by atoms with E-state index in [0.717, 1.165) is 11.3 Å². The summed E-state index contributed by atoms with van der Waals surface area (Å²) < 4.78 is 138. The van der Waals surface area contributed by atoms with Crippen molar-refractivity contribution >= 4 is 53.6 Å². The van der Waals surface area contributed by atoms with Crippen LogP contribution >= 0.6 is 11.3 Å². The number of rotatable bonds is 3. The normalized spacial score (nSPS) is 17.2. The first-order valence-electron chi connectivity index (χ1n) is 18.9. The monoisotopic (exact) mass is 519 g/mol. The van der Waals surface area contributed by atoms with E-state index >= 15 is 0 Å². The standard InChI is InChI=1S/C34H20N2OS/c1-3-16-29-28(13-1)32-33(37-29)31(35-20-36-32)24-11-6-9-22(19-24)21-8-5-10-23(18-21)25-14-7-15-27-26-12-2-4-17-30(26)38-34(25)27/h1-20H/i2D,4D,5D,6D,7D,8D,9D,10D,11D,12D,14D,15D,17D,18D,19D. The van der Waals surface area contributed by atoms with Crippen LogP contribution in [0.15, 0.2) is 126 Å². The lowest BCUT2D eigenvalue weighted by molar-refractivity contribution is 0.667. The molecule has 0 spiro atoms. The minimum Gasteiger partial charge on any atom is -0.452 e. The van der Waals surface area contributed by atoms with Gasteiger partial charge in [-0.25, -0.2) is 9.97 Å². The number of hydrogen-bond acceptors (Lipinski definition) is 4. The van der Waals surface area contributed by atoms with Crippen LogP contribution in [0.25, 0.3) is 75.8 Å². The van der Waals surface area contributed by atoms with Crippen molar-refractivity contribution in [2.24, 2.45) is 0 Å². The summed E-state index contributed by atoms with van der Waals surface area (Å²) in [4.78, 5) is 8.59. The Bertz CT molecular complexity index is 2980. The molecule has 0 atom stereocenters. The molecule has 5 aromatic carbocycles. The van der Waals surface area contributed by atoms with Crippen molar-refractivity contribution in [3.63, 3.8) is 0 Å². The van der Waals surface area contributed by atoms with Crippen LogP contribution in [0.5, 0.6) is 0 Å². The molecule has 0 aliphatic carbocycles. The van der Waals surface area contributed by atoms with Gasteiger partial charge in [0.1, 0.15) is 23.1 Å². The highest BCUT2D eigenvalue weighted by molar-refractivity contribution is 7.26. The van der Waals surface area contributed by atoms with Crippen molar-refractivity contribution in [3.8, 4) is 33.5 Å². The lowest BCUT2D eigenvalue weighted by atomic mass is 9.96. The number of furan rings is 1. The van der Waals surface area contributed by atoms with Crippen LogP contribution in [0.2, 0.25) is 0 Å². The molecule has 3 aromatic heterocycles. The van der Waals surface area contributed by atoms with Crippen LogP contribution in [0.3, 0.4) is 0 Å². The predicted molar refractivity (Wildman–Crippen MR) is 159 cm³/mol. The van der Waals surface area contributed by atoms with E-state index in [2.05, 4.69) is 9.97 Å². The molecule has 0 radical (unpaired) electrons. The van der Waals surface area contributed by atoms with Crippen molar-refractivity contribution in [2.75, 3.05) is 0 Å². The Labute approximate surface area is 243 Å². The molecule has 0 saturated heterocycles. The molecule has 0 bridgehead atoms. The maximum Gasteiger partial charge on any atom is 0.180 e. The van der Waals surface area contributed by atoms with Gasteiger partial charge in [-0.3, -0.25) is 0 Å². The fraction of sp³-hybridized carbons (Fsp3) is 0. The third-order valence-corrected chi connectivity index (χ3v) is 7.20. The van der Waals surface area contributed by atoms with Gasteiger partial charge >= 0.3 is 0 Å². The van der Waals surface area contributed by atoms with Gasteiger partial charge < -0.3 is 4.42 Å². The number of fused-ring (bicyclic) bond motifs is 6. The van der Waals surface area contributed by atoms with Gasteiger partial charge in [0.2, 0.25) is 0 Å². The average molecular weight is 520 g/mol. The summed E-state index contributed by atoms with van der Waals surface area (Å²) in [6, 6.07) is -2.56. The number of para-hydroxylation sites is 1. The Morgan fingerprint density at radius 3 is 2.32 bits per heavy atom. The topological polar surface area (TPSA) is 38.9 Å². The van der Waals surface area contributed by atoms with Gasteiger partial charge in [-0.2, -0.15) is 0 Å². The fourth-order valence-corrected chi connectivity index (χ4v) is 5.46. The van der Waals surface area contributed by atoms with E-state index in [1.54, 1.807) is 24.3 Å². The molecule has 3 heterocycles. The van der Waals surface area contributed by atoms with E-state index in [1.165, 1.54) is 6.33 Å². The smallest absolute Gasteiger partial charge is 0.180 e. The third kappa shape index (κ3) is 3.28. The lowest BCUT2D eigenvalue weighted by Crippen LogP contribution is -1.88. The number of thiophene rings is 1. The zero-order valence-corrected chi connectivity index (χ0v) is 19.9. The highest BCUT2D eigenvalue weighted by Crippen LogP contribution is 2.41. The summed E-state index contributed by atoms with van der Waals surface area (Å²) in [6.45, 7) is 0. The van der Waals surface area contributed by atoms with Gasteiger partial charge in [0, 0.05) is 31.1 Å². The second-order valence-electron chi connectivity index (χ2n) is 8.26. The molecule has 8 rings (SSSR count). The van der Waals surface area contributed by atoms with Crippen molar-refractivity contribution < 1.29 is 25.0 Å². The van der Waals surface area contributed by atoms with Crippen LogP contribution in [0.4, 0.5) is 0 Å². The predicted octanol–water partition coefficient (Wildman–Crippen LogP) is 9.74. The Kier molecular flexibility index (Phi) is 2.49. The molecule has 0 aliphatic rings. The maximum atomic E-state index is 9.42. The van der Waals surface area contributed by atoms with E-state index < -0.39 is 107 Å². The zero-order valence-electron chi connectivity index (χ0n) is 34.1. The second kappa shape index (κ2) is 8.37. The molecular weight excluding hydrogens is 484 g/mol. The van der Waals surface area contributed by atoms with E-state index in [0.29, 0.717) is 16.5 Å². The fourth-order valence-electron chi connectivity index (χ4n) is 4.39. The summed E-state index contributed by atoms with van der Waals surface area (Å²) in [5.41, 5.74) is -1.32. The molecule has 0 aliphatic heterocycles. The highest BCUT2D eigenvalue weighted by atomic mass is 32.1. The summed E-state index contributed by atoms with van der Waals surface area (Å²) in [7, 11) is 0. The molecule has 0 N–H and O–H groups in total. The molecule has 0 amide bonds. The minimum absolute atomic E-state index is 0.00501.